The number of esters is 1. The standard InChI is InChI=1S/C16H16Cl2N2O3/c1-4-7-20-9(2)13(15(21)23-3)14(19-16(20)22)11-6-5-10(17)8-12(11)18/h4-6,8,14H,1,7H2,2-3H3,(H,19,22)/t14-/m0/s1. The first-order valence-electron chi connectivity index (χ1n) is 6.83. The molecule has 1 aromatic rings. The first kappa shape index (κ1) is 17.4. The Balaban J connectivity index is 2.59. The molecule has 0 spiro atoms. The van der Waals surface area contributed by atoms with Crippen molar-refractivity contribution in [1.82, 2.24) is 10.2 Å². The van der Waals surface area contributed by atoms with E-state index >= 15 is 0 Å². The average molecular weight is 355 g/mol. The van der Waals surface area contributed by atoms with Crippen molar-refractivity contribution in [2.24, 2.45) is 0 Å². The molecule has 2 rings (SSSR count). The van der Waals surface area contributed by atoms with E-state index in [4.69, 9.17) is 27.9 Å². The minimum absolute atomic E-state index is 0.277. The zero-order chi connectivity index (χ0) is 17.1. The molecule has 0 aliphatic carbocycles. The maximum atomic E-state index is 12.3. The van der Waals surface area contributed by atoms with E-state index in [1.807, 2.05) is 0 Å². The first-order valence-corrected chi connectivity index (χ1v) is 7.59. The minimum atomic E-state index is -0.708. The summed E-state index contributed by atoms with van der Waals surface area (Å²) < 4.78 is 4.87. The third-order valence-corrected chi connectivity index (χ3v) is 4.15. The molecule has 5 nitrogen and oxygen atoms in total. The lowest BCUT2D eigenvalue weighted by Gasteiger charge is -2.35. The fourth-order valence-electron chi connectivity index (χ4n) is 2.47. The van der Waals surface area contributed by atoms with Gasteiger partial charge in [-0.2, -0.15) is 0 Å². The summed E-state index contributed by atoms with van der Waals surface area (Å²) in [6, 6.07) is 3.83. The molecular formula is C16H16Cl2N2O3. The van der Waals surface area contributed by atoms with Crippen LogP contribution < -0.4 is 5.32 Å². The molecule has 1 atom stereocenters. The number of carbonyl (C=O) groups is 2. The summed E-state index contributed by atoms with van der Waals surface area (Å²) >= 11 is 12.1. The molecule has 122 valence electrons. The number of methoxy groups -OCH3 is 1. The Kier molecular flexibility index (Phi) is 5.34. The summed E-state index contributed by atoms with van der Waals surface area (Å²) in [5.41, 5.74) is 1.39. The molecule has 7 heteroatoms. The van der Waals surface area contributed by atoms with Gasteiger partial charge in [0.15, 0.2) is 0 Å². The van der Waals surface area contributed by atoms with Crippen LogP contribution in [0.5, 0.6) is 0 Å². The highest BCUT2D eigenvalue weighted by atomic mass is 35.5. The molecule has 0 saturated heterocycles. The summed E-state index contributed by atoms with van der Waals surface area (Å²) in [4.78, 5) is 26.0. The number of ether oxygens (including phenoxy) is 1. The number of nitrogens with one attached hydrogen (secondary N) is 1. The molecule has 1 aliphatic rings. The number of allylic oxidation sites excluding steroid dienone is 1. The van der Waals surface area contributed by atoms with E-state index in [9.17, 15) is 9.59 Å². The van der Waals surface area contributed by atoms with Gasteiger partial charge in [-0.15, -0.1) is 6.58 Å². The molecule has 0 unspecified atom stereocenters. The van der Waals surface area contributed by atoms with Gasteiger partial charge in [0.2, 0.25) is 0 Å². The van der Waals surface area contributed by atoms with E-state index in [1.54, 1.807) is 31.2 Å². The topological polar surface area (TPSA) is 58.6 Å². The number of nitrogens with zero attached hydrogens (tertiary/aromatic N) is 1. The van der Waals surface area contributed by atoms with Crippen molar-refractivity contribution in [3.8, 4) is 0 Å². The third kappa shape index (κ3) is 3.35. The molecule has 0 bridgehead atoms. The van der Waals surface area contributed by atoms with Gasteiger partial charge in [0.25, 0.3) is 0 Å². The van der Waals surface area contributed by atoms with Gasteiger partial charge in [0, 0.05) is 22.3 Å². The molecule has 23 heavy (non-hydrogen) atoms. The van der Waals surface area contributed by atoms with E-state index in [2.05, 4.69) is 11.9 Å². The number of benzene rings is 1. The largest absolute Gasteiger partial charge is 0.466 e. The van der Waals surface area contributed by atoms with E-state index < -0.39 is 12.0 Å². The van der Waals surface area contributed by atoms with Gasteiger partial charge in [0.1, 0.15) is 0 Å². The lowest BCUT2D eigenvalue weighted by atomic mass is 9.95. The number of hydrogen-bond donors (Lipinski definition) is 1. The molecule has 0 radical (unpaired) electrons. The molecule has 0 fully saturated rings. The van der Waals surface area contributed by atoms with Crippen LogP contribution in [0, 0.1) is 0 Å². The van der Waals surface area contributed by atoms with Crippen LogP contribution in [0.2, 0.25) is 10.0 Å². The summed E-state index contributed by atoms with van der Waals surface area (Å²) in [6.07, 6.45) is 1.58. The second-order valence-corrected chi connectivity index (χ2v) is 5.78. The van der Waals surface area contributed by atoms with Crippen LogP contribution >= 0.6 is 23.2 Å². The molecule has 1 N–H and O–H groups in total. The first-order chi connectivity index (χ1) is 10.9. The van der Waals surface area contributed by atoms with Gasteiger partial charge in [-0.05, 0) is 24.6 Å². The van der Waals surface area contributed by atoms with Crippen LogP contribution in [0.1, 0.15) is 18.5 Å². The quantitative estimate of drug-likeness (QED) is 0.662. The smallest absolute Gasteiger partial charge is 0.337 e. The fraction of sp³-hybridized carbons (Fsp3) is 0.250. The van der Waals surface area contributed by atoms with Crippen LogP contribution in [0.4, 0.5) is 4.79 Å². The summed E-state index contributed by atoms with van der Waals surface area (Å²) in [6.45, 7) is 5.58. The number of hydrogen-bond acceptors (Lipinski definition) is 3. The van der Waals surface area contributed by atoms with Crippen molar-refractivity contribution in [2.45, 2.75) is 13.0 Å². The van der Waals surface area contributed by atoms with Crippen LogP contribution in [-0.2, 0) is 9.53 Å². The Labute approximate surface area is 144 Å². The van der Waals surface area contributed by atoms with Crippen LogP contribution in [-0.4, -0.2) is 30.6 Å². The maximum absolute atomic E-state index is 12.3. The number of carbonyl (C=O) groups excluding carboxylic acids is 2. The Bertz CT molecular complexity index is 701. The van der Waals surface area contributed by atoms with Gasteiger partial charge in [-0.1, -0.05) is 35.3 Å². The lowest BCUT2D eigenvalue weighted by Crippen LogP contribution is -2.48. The van der Waals surface area contributed by atoms with Crippen LogP contribution in [0.15, 0.2) is 42.1 Å². The van der Waals surface area contributed by atoms with Crippen molar-refractivity contribution in [1.29, 1.82) is 0 Å². The zero-order valence-corrected chi connectivity index (χ0v) is 14.2. The monoisotopic (exact) mass is 354 g/mol. The average Bonchev–Trinajstić information content (AvgIpc) is 2.50. The third-order valence-electron chi connectivity index (χ3n) is 3.59. The van der Waals surface area contributed by atoms with Crippen molar-refractivity contribution in [3.05, 3.63) is 57.7 Å². The second kappa shape index (κ2) is 7.06. The SMILES string of the molecule is C=CCN1C(=O)N[C@@H](c2ccc(Cl)cc2Cl)C(C(=O)OC)=C1C. The minimum Gasteiger partial charge on any atom is -0.466 e. The molecule has 0 saturated carbocycles. The molecule has 1 heterocycles. The molecule has 0 aromatic heterocycles. The lowest BCUT2D eigenvalue weighted by molar-refractivity contribution is -0.136. The van der Waals surface area contributed by atoms with Crippen LogP contribution in [0.3, 0.4) is 0 Å². The fourth-order valence-corrected chi connectivity index (χ4v) is 2.99. The predicted molar refractivity (Wildman–Crippen MR) is 89.4 cm³/mol. The highest BCUT2D eigenvalue weighted by Gasteiger charge is 2.36. The molecule has 1 aliphatic heterocycles. The Morgan fingerprint density at radius 1 is 1.48 bits per heavy atom. The van der Waals surface area contributed by atoms with E-state index in [1.165, 1.54) is 12.0 Å². The Morgan fingerprint density at radius 3 is 2.74 bits per heavy atom. The maximum Gasteiger partial charge on any atom is 0.337 e. The number of amides is 2. The molecule has 1 aromatic carbocycles. The number of halogens is 2. The number of urea groups is 1. The van der Waals surface area contributed by atoms with Gasteiger partial charge >= 0.3 is 12.0 Å². The zero-order valence-electron chi connectivity index (χ0n) is 12.7. The van der Waals surface area contributed by atoms with E-state index in [0.717, 1.165) is 0 Å². The summed E-state index contributed by atoms with van der Waals surface area (Å²) in [7, 11) is 1.29. The van der Waals surface area contributed by atoms with Crippen molar-refractivity contribution in [2.75, 3.05) is 13.7 Å². The van der Waals surface area contributed by atoms with Gasteiger partial charge in [-0.25, -0.2) is 9.59 Å². The van der Waals surface area contributed by atoms with Gasteiger partial charge < -0.3 is 10.1 Å². The highest BCUT2D eigenvalue weighted by Crippen LogP contribution is 2.35. The van der Waals surface area contributed by atoms with E-state index in [0.29, 0.717) is 26.9 Å². The Morgan fingerprint density at radius 2 is 2.17 bits per heavy atom. The summed E-state index contributed by atoms with van der Waals surface area (Å²) in [5, 5.41) is 3.60. The van der Waals surface area contributed by atoms with Crippen molar-refractivity contribution in [3.63, 3.8) is 0 Å². The van der Waals surface area contributed by atoms with Gasteiger partial charge in [-0.3, -0.25) is 4.90 Å². The molecule has 2 amide bonds. The van der Waals surface area contributed by atoms with Crippen molar-refractivity contribution >= 4 is 35.2 Å². The Hall–Kier alpha value is -1.98. The normalized spacial score (nSPS) is 17.8. The summed E-state index contributed by atoms with van der Waals surface area (Å²) in [5.74, 6) is -0.535. The highest BCUT2D eigenvalue weighted by molar-refractivity contribution is 6.35. The second-order valence-electron chi connectivity index (χ2n) is 4.94. The van der Waals surface area contributed by atoms with E-state index in [-0.39, 0.29) is 12.6 Å². The van der Waals surface area contributed by atoms with Crippen molar-refractivity contribution < 1.29 is 14.3 Å². The van der Waals surface area contributed by atoms with Gasteiger partial charge in [0.05, 0.1) is 18.7 Å². The predicted octanol–water partition coefficient (Wildman–Crippen LogP) is 3.69. The van der Waals surface area contributed by atoms with Crippen LogP contribution in [0.25, 0.3) is 0 Å². The molecular weight excluding hydrogens is 339 g/mol. The number of rotatable bonds is 4.